The van der Waals surface area contributed by atoms with Crippen LogP contribution in [0.5, 0.6) is 0 Å². The summed E-state index contributed by atoms with van der Waals surface area (Å²) in [6.07, 6.45) is 0. The van der Waals surface area contributed by atoms with Crippen molar-refractivity contribution in [2.75, 3.05) is 14.2 Å². The number of rotatable bonds is 2. The van der Waals surface area contributed by atoms with E-state index >= 15 is 0 Å². The number of para-hydroxylation sites is 1. The number of aliphatic hydroxyl groups is 1. The Balaban J connectivity index is 2.54. The van der Waals surface area contributed by atoms with Gasteiger partial charge >= 0.3 is 5.97 Å². The number of aromatic nitrogens is 1. The van der Waals surface area contributed by atoms with Gasteiger partial charge < -0.3 is 14.4 Å². The fourth-order valence-corrected chi connectivity index (χ4v) is 4.51. The molecule has 0 atom stereocenters. The lowest BCUT2D eigenvalue weighted by molar-refractivity contribution is -0.137. The van der Waals surface area contributed by atoms with Crippen LogP contribution in [0.15, 0.2) is 34.9 Å². The summed E-state index contributed by atoms with van der Waals surface area (Å²) < 4.78 is 32.8. The Hall–Kier alpha value is -2.48. The van der Waals surface area contributed by atoms with Gasteiger partial charge in [0.25, 0.3) is 10.0 Å². The zero-order valence-corrected chi connectivity index (χ0v) is 13.7. The molecule has 8 heteroatoms. The van der Waals surface area contributed by atoms with E-state index in [4.69, 9.17) is 0 Å². The molecule has 3 rings (SSSR count). The van der Waals surface area contributed by atoms with Crippen molar-refractivity contribution in [2.45, 2.75) is 18.4 Å². The van der Waals surface area contributed by atoms with Crippen molar-refractivity contribution in [1.29, 1.82) is 0 Å². The molecule has 0 bridgehead atoms. The Labute approximate surface area is 133 Å². The molecule has 0 saturated carbocycles. The van der Waals surface area contributed by atoms with Gasteiger partial charge in [0.05, 0.1) is 7.11 Å². The first kappa shape index (κ1) is 15.4. The maximum atomic E-state index is 12.9. The molecule has 2 aromatic rings. The average Bonchev–Trinajstić information content (AvgIpc) is 2.88. The van der Waals surface area contributed by atoms with Crippen molar-refractivity contribution >= 4 is 32.7 Å². The zero-order valence-electron chi connectivity index (χ0n) is 12.9. The molecule has 1 aromatic carbocycles. The van der Waals surface area contributed by atoms with Crippen LogP contribution in [0.2, 0.25) is 0 Å². The van der Waals surface area contributed by atoms with Crippen molar-refractivity contribution in [3.63, 3.8) is 0 Å². The molecule has 1 aromatic heterocycles. The van der Waals surface area contributed by atoms with Gasteiger partial charge in [-0.15, -0.1) is 0 Å². The number of nitrogens with zero attached hydrogens (tertiary/aromatic N) is 2. The number of esters is 1. The summed E-state index contributed by atoms with van der Waals surface area (Å²) in [7, 11) is -1.63. The molecule has 1 N–H and O–H groups in total. The number of methoxy groups -OCH3 is 1. The molecule has 0 aliphatic carbocycles. The number of hydrogen-bond acceptors (Lipinski definition) is 5. The highest BCUT2D eigenvalue weighted by Gasteiger charge is 2.42. The molecule has 1 aliphatic rings. The number of ether oxygens (including phenoxy) is 1. The van der Waals surface area contributed by atoms with Crippen LogP contribution in [0.4, 0.5) is 0 Å². The fourth-order valence-electron chi connectivity index (χ4n) is 2.94. The van der Waals surface area contributed by atoms with Crippen LogP contribution in [0.25, 0.3) is 16.7 Å². The second-order valence-electron chi connectivity index (χ2n) is 5.10. The Morgan fingerprint density at radius 1 is 1.30 bits per heavy atom. The summed E-state index contributed by atoms with van der Waals surface area (Å²) in [5.41, 5.74) is 0.402. The summed E-state index contributed by atoms with van der Waals surface area (Å²) >= 11 is 0. The van der Waals surface area contributed by atoms with Gasteiger partial charge in [0, 0.05) is 24.5 Å². The number of fused-ring (bicyclic) bond motifs is 3. The summed E-state index contributed by atoms with van der Waals surface area (Å²) in [5, 5.41) is 11.1. The number of hydrogen-bond donors (Lipinski definition) is 1. The molecule has 23 heavy (non-hydrogen) atoms. The van der Waals surface area contributed by atoms with Crippen molar-refractivity contribution in [3.05, 3.63) is 35.7 Å². The molecule has 1 aliphatic heterocycles. The molecule has 2 heterocycles. The van der Waals surface area contributed by atoms with Crippen LogP contribution >= 0.6 is 0 Å². The van der Waals surface area contributed by atoms with Crippen molar-refractivity contribution in [2.24, 2.45) is 0 Å². The fraction of sp³-hybridized carbons (Fsp3) is 0.267. The first-order chi connectivity index (χ1) is 10.9. The predicted octanol–water partition coefficient (Wildman–Crippen LogP) is 1.69. The molecule has 0 fully saturated rings. The monoisotopic (exact) mass is 336 g/mol. The lowest BCUT2D eigenvalue weighted by Gasteiger charge is -2.27. The summed E-state index contributed by atoms with van der Waals surface area (Å²) in [4.78, 5) is 11.9. The third kappa shape index (κ3) is 1.88. The molecule has 0 radical (unpaired) electrons. The van der Waals surface area contributed by atoms with E-state index < -0.39 is 27.4 Å². The molecule has 0 unspecified atom stereocenters. The predicted molar refractivity (Wildman–Crippen MR) is 84.1 cm³/mol. The zero-order chi connectivity index (χ0) is 16.9. The van der Waals surface area contributed by atoms with Crippen molar-refractivity contribution < 1.29 is 23.1 Å². The van der Waals surface area contributed by atoms with E-state index in [2.05, 4.69) is 4.74 Å². The van der Waals surface area contributed by atoms with E-state index in [0.717, 1.165) is 11.4 Å². The van der Waals surface area contributed by atoms with Gasteiger partial charge in [-0.25, -0.2) is 13.2 Å². The second-order valence-corrected chi connectivity index (χ2v) is 7.01. The third-order valence-corrected chi connectivity index (χ3v) is 5.83. The highest BCUT2D eigenvalue weighted by atomic mass is 32.2. The SMILES string of the molecule is CCn1c2c(c3ccccc31)S(=O)(=O)N(C)C(C(=O)OC)=C2O. The van der Waals surface area contributed by atoms with Gasteiger partial charge in [-0.05, 0) is 13.0 Å². The molecule has 7 nitrogen and oxygen atoms in total. The van der Waals surface area contributed by atoms with Crippen molar-refractivity contribution in [3.8, 4) is 0 Å². The summed E-state index contributed by atoms with van der Waals surface area (Å²) in [5.74, 6) is -1.31. The first-order valence-corrected chi connectivity index (χ1v) is 8.42. The number of likely N-dealkylation sites (N-methyl/N-ethyl adjacent to an activating group) is 1. The number of carbonyl (C=O) groups is 1. The maximum Gasteiger partial charge on any atom is 0.359 e. The third-order valence-electron chi connectivity index (χ3n) is 4.00. The summed E-state index contributed by atoms with van der Waals surface area (Å²) in [6.45, 7) is 2.27. The van der Waals surface area contributed by atoms with Crippen LogP contribution in [0.1, 0.15) is 12.6 Å². The van der Waals surface area contributed by atoms with E-state index in [0.29, 0.717) is 17.4 Å². The molecule has 0 spiro atoms. The van der Waals surface area contributed by atoms with Gasteiger partial charge in [-0.2, -0.15) is 0 Å². The van der Waals surface area contributed by atoms with Gasteiger partial charge in [-0.1, -0.05) is 18.2 Å². The number of carbonyl (C=O) groups excluding carboxylic acids is 1. The van der Waals surface area contributed by atoms with Gasteiger partial charge in [0.2, 0.25) is 0 Å². The molecular formula is C15H16N2O5S. The van der Waals surface area contributed by atoms with Crippen LogP contribution in [0.3, 0.4) is 0 Å². The Bertz CT molecular complexity index is 956. The highest BCUT2D eigenvalue weighted by Crippen LogP contribution is 2.41. The Kier molecular flexibility index (Phi) is 3.36. The maximum absolute atomic E-state index is 12.9. The summed E-state index contributed by atoms with van der Waals surface area (Å²) in [6, 6.07) is 6.98. The van der Waals surface area contributed by atoms with E-state index in [1.807, 2.05) is 6.92 Å². The number of aryl methyl sites for hydroxylation is 1. The normalized spacial score (nSPS) is 16.6. The van der Waals surface area contributed by atoms with Crippen LogP contribution < -0.4 is 0 Å². The lowest BCUT2D eigenvalue weighted by Crippen LogP contribution is -2.35. The number of sulfonamides is 1. The molecule has 0 amide bonds. The van der Waals surface area contributed by atoms with E-state index in [9.17, 15) is 18.3 Å². The Morgan fingerprint density at radius 3 is 2.57 bits per heavy atom. The van der Waals surface area contributed by atoms with Crippen LogP contribution in [-0.2, 0) is 26.1 Å². The Morgan fingerprint density at radius 2 is 1.96 bits per heavy atom. The van der Waals surface area contributed by atoms with Gasteiger partial charge in [0.15, 0.2) is 11.5 Å². The minimum Gasteiger partial charge on any atom is -0.504 e. The topological polar surface area (TPSA) is 88.8 Å². The first-order valence-electron chi connectivity index (χ1n) is 6.98. The van der Waals surface area contributed by atoms with E-state index in [1.165, 1.54) is 7.05 Å². The van der Waals surface area contributed by atoms with E-state index in [1.54, 1.807) is 28.8 Å². The lowest BCUT2D eigenvalue weighted by atomic mass is 10.2. The molecule has 0 saturated heterocycles. The average molecular weight is 336 g/mol. The van der Waals surface area contributed by atoms with Gasteiger partial charge in [-0.3, -0.25) is 4.31 Å². The van der Waals surface area contributed by atoms with Gasteiger partial charge in [0.1, 0.15) is 10.6 Å². The largest absolute Gasteiger partial charge is 0.504 e. The smallest absolute Gasteiger partial charge is 0.359 e. The molecule has 122 valence electrons. The quantitative estimate of drug-likeness (QED) is 0.843. The second kappa shape index (κ2) is 5.02. The van der Waals surface area contributed by atoms with Crippen LogP contribution in [-0.4, -0.2) is 42.5 Å². The van der Waals surface area contributed by atoms with Crippen molar-refractivity contribution in [1.82, 2.24) is 8.87 Å². The highest BCUT2D eigenvalue weighted by molar-refractivity contribution is 7.89. The minimum absolute atomic E-state index is 0.00241. The minimum atomic E-state index is -3.98. The standard InChI is InChI=1S/C15H16N2O5S/c1-4-17-10-8-6-5-7-9(10)14-11(17)13(18)12(15(19)22-3)16(2)23(14,20)21/h5-8,18H,4H2,1-3H3. The van der Waals surface area contributed by atoms with E-state index in [-0.39, 0.29) is 10.6 Å². The van der Waals surface area contributed by atoms with Crippen LogP contribution in [0, 0.1) is 0 Å². The number of aliphatic hydroxyl groups excluding tert-OH is 1. The number of benzene rings is 1. The molecular weight excluding hydrogens is 320 g/mol.